The molecule has 0 saturated heterocycles. The molecular weight excluding hydrogens is 557 g/mol. The lowest BCUT2D eigenvalue weighted by Crippen LogP contribution is -2.49. The third kappa shape index (κ3) is 8.86. The number of esters is 1. The largest absolute Gasteiger partial charge is 0.479 e. The van der Waals surface area contributed by atoms with Gasteiger partial charge in [0, 0.05) is 10.6 Å². The summed E-state index contributed by atoms with van der Waals surface area (Å²) >= 11 is 12.0. The van der Waals surface area contributed by atoms with Crippen LogP contribution in [0.5, 0.6) is 5.75 Å². The van der Waals surface area contributed by atoms with Crippen LogP contribution in [0.1, 0.15) is 50.2 Å². The maximum Gasteiger partial charge on any atom is 0.338 e. The molecule has 0 spiro atoms. The number of nitrogens with zero attached hydrogens (tertiary/aromatic N) is 1. The zero-order valence-electron chi connectivity index (χ0n) is 22.6. The normalized spacial score (nSPS) is 12.7. The minimum absolute atomic E-state index is 0.116. The summed E-state index contributed by atoms with van der Waals surface area (Å²) in [4.78, 5) is 37.5. The number of ether oxygens (including phenoxy) is 2. The molecule has 0 unspecified atom stereocenters. The number of furan rings is 1. The molecule has 11 heteroatoms. The maximum atomic E-state index is 12.9. The van der Waals surface area contributed by atoms with Gasteiger partial charge in [-0.2, -0.15) is 5.10 Å². The predicted octanol–water partition coefficient (Wildman–Crippen LogP) is 5.88. The van der Waals surface area contributed by atoms with Crippen molar-refractivity contribution in [2.45, 2.75) is 46.3 Å². The van der Waals surface area contributed by atoms with E-state index in [9.17, 15) is 14.4 Å². The summed E-state index contributed by atoms with van der Waals surface area (Å²) in [5.41, 5.74) is 3.66. The number of halogens is 2. The van der Waals surface area contributed by atoms with Crippen molar-refractivity contribution in [2.75, 3.05) is 6.61 Å². The number of carbonyl (C=O) groups excluding carboxylic acids is 3. The van der Waals surface area contributed by atoms with Crippen molar-refractivity contribution in [3.8, 4) is 17.1 Å². The Hall–Kier alpha value is -3.82. The summed E-state index contributed by atoms with van der Waals surface area (Å²) in [5.74, 6) is 0.00787. The van der Waals surface area contributed by atoms with E-state index in [1.165, 1.54) is 12.3 Å². The lowest BCUT2D eigenvalue weighted by atomic mass is 10.0. The summed E-state index contributed by atoms with van der Waals surface area (Å²) in [6.07, 6.45) is 0.822. The molecule has 3 rings (SSSR count). The van der Waals surface area contributed by atoms with E-state index in [4.69, 9.17) is 37.1 Å². The van der Waals surface area contributed by atoms with Crippen molar-refractivity contribution < 1.29 is 28.3 Å². The van der Waals surface area contributed by atoms with Gasteiger partial charge >= 0.3 is 5.97 Å². The van der Waals surface area contributed by atoms with Gasteiger partial charge in [-0.3, -0.25) is 9.59 Å². The number of amides is 2. The molecule has 2 N–H and O–H groups in total. The zero-order valence-corrected chi connectivity index (χ0v) is 24.1. The van der Waals surface area contributed by atoms with Crippen molar-refractivity contribution in [2.24, 2.45) is 11.0 Å². The van der Waals surface area contributed by atoms with Crippen LogP contribution in [0.15, 0.2) is 64.1 Å². The molecular formula is C29H31Cl2N3O6. The van der Waals surface area contributed by atoms with E-state index >= 15 is 0 Å². The molecule has 1 aromatic heterocycles. The lowest BCUT2D eigenvalue weighted by Gasteiger charge is -2.22. The Bertz CT molecular complexity index is 1350. The Labute approximate surface area is 242 Å². The van der Waals surface area contributed by atoms with E-state index in [2.05, 4.69) is 15.8 Å². The average molecular weight is 588 g/mol. The first-order chi connectivity index (χ1) is 19.1. The average Bonchev–Trinajstić information content (AvgIpc) is 3.38. The van der Waals surface area contributed by atoms with Gasteiger partial charge in [-0.25, -0.2) is 10.2 Å². The molecule has 212 valence electrons. The van der Waals surface area contributed by atoms with Crippen molar-refractivity contribution in [3.63, 3.8) is 0 Å². The van der Waals surface area contributed by atoms with Crippen molar-refractivity contribution >= 4 is 47.2 Å². The number of rotatable bonds is 12. The molecule has 2 atom stereocenters. The predicted molar refractivity (Wildman–Crippen MR) is 154 cm³/mol. The molecule has 2 aromatic carbocycles. The Kier molecular flexibility index (Phi) is 11.2. The van der Waals surface area contributed by atoms with Crippen LogP contribution in [0.3, 0.4) is 0 Å². The highest BCUT2D eigenvalue weighted by Crippen LogP contribution is 2.28. The van der Waals surface area contributed by atoms with Gasteiger partial charge in [-0.15, -0.1) is 0 Å². The van der Waals surface area contributed by atoms with Crippen LogP contribution in [0.4, 0.5) is 0 Å². The number of carbonyl (C=O) groups is 3. The van der Waals surface area contributed by atoms with E-state index in [0.717, 1.165) is 5.56 Å². The van der Waals surface area contributed by atoms with Crippen LogP contribution in [0.25, 0.3) is 11.3 Å². The second kappa shape index (κ2) is 14.5. The molecule has 40 heavy (non-hydrogen) atoms. The molecule has 2 amide bonds. The maximum absolute atomic E-state index is 12.9. The van der Waals surface area contributed by atoms with Crippen LogP contribution in [-0.4, -0.2) is 42.8 Å². The highest BCUT2D eigenvalue weighted by Gasteiger charge is 2.25. The summed E-state index contributed by atoms with van der Waals surface area (Å²) in [6.45, 7) is 7.48. The number of nitrogens with one attached hydrogen (secondary N) is 2. The van der Waals surface area contributed by atoms with Crippen LogP contribution in [0, 0.1) is 5.92 Å². The Balaban J connectivity index is 1.59. The van der Waals surface area contributed by atoms with Gasteiger partial charge in [-0.05, 0) is 68.7 Å². The van der Waals surface area contributed by atoms with E-state index in [-0.39, 0.29) is 10.9 Å². The third-order valence-corrected chi connectivity index (χ3v) is 6.11. The fourth-order valence-corrected chi connectivity index (χ4v) is 4.06. The van der Waals surface area contributed by atoms with E-state index < -0.39 is 29.9 Å². The van der Waals surface area contributed by atoms with Gasteiger partial charge in [0.15, 0.2) is 6.10 Å². The molecule has 0 aliphatic heterocycles. The first-order valence-corrected chi connectivity index (χ1v) is 13.4. The van der Waals surface area contributed by atoms with Gasteiger partial charge < -0.3 is 19.2 Å². The topological polar surface area (TPSA) is 119 Å². The van der Waals surface area contributed by atoms with Crippen LogP contribution < -0.4 is 15.5 Å². The van der Waals surface area contributed by atoms with E-state index in [1.54, 1.807) is 62.4 Å². The molecule has 3 aromatic rings. The molecule has 0 radical (unpaired) electrons. The van der Waals surface area contributed by atoms with Gasteiger partial charge in [0.1, 0.15) is 23.3 Å². The lowest BCUT2D eigenvalue weighted by molar-refractivity contribution is -0.132. The van der Waals surface area contributed by atoms with Gasteiger partial charge in [-0.1, -0.05) is 49.2 Å². The standard InChI is InChI=1S/C29H31Cl2N3O6/c1-5-38-29(37)20-8-6-19(7-9-20)25-13-11-22(40-25)16-32-34-28(36)24(14-17(2)3)33-27(35)18(4)39-26-12-10-21(30)15-23(26)31/h6-13,15-18,24H,5,14H2,1-4H3,(H,33,35)(H,34,36)/b32-16-/t18-,24+/m1/s1. The quantitative estimate of drug-likeness (QED) is 0.155. The summed E-state index contributed by atoms with van der Waals surface area (Å²) in [7, 11) is 0. The molecule has 0 aliphatic rings. The smallest absolute Gasteiger partial charge is 0.338 e. The third-order valence-electron chi connectivity index (χ3n) is 5.58. The minimum Gasteiger partial charge on any atom is -0.479 e. The molecule has 0 saturated carbocycles. The molecule has 0 bridgehead atoms. The highest BCUT2D eigenvalue weighted by atomic mass is 35.5. The second-order valence-electron chi connectivity index (χ2n) is 9.26. The Morgan fingerprint density at radius 2 is 1.73 bits per heavy atom. The Morgan fingerprint density at radius 1 is 1.00 bits per heavy atom. The first kappa shape index (κ1) is 30.7. The van der Waals surface area contributed by atoms with Crippen LogP contribution in [-0.2, 0) is 14.3 Å². The molecule has 9 nitrogen and oxygen atoms in total. The summed E-state index contributed by atoms with van der Waals surface area (Å²) < 4.78 is 16.4. The highest BCUT2D eigenvalue weighted by molar-refractivity contribution is 6.35. The van der Waals surface area contributed by atoms with Crippen LogP contribution in [0.2, 0.25) is 10.0 Å². The van der Waals surface area contributed by atoms with E-state index in [0.29, 0.717) is 40.9 Å². The Morgan fingerprint density at radius 3 is 2.38 bits per heavy atom. The first-order valence-electron chi connectivity index (χ1n) is 12.7. The van der Waals surface area contributed by atoms with Gasteiger partial charge in [0.2, 0.25) is 0 Å². The zero-order chi connectivity index (χ0) is 29.2. The van der Waals surface area contributed by atoms with Crippen LogP contribution >= 0.6 is 23.2 Å². The van der Waals surface area contributed by atoms with E-state index in [1.807, 2.05) is 13.8 Å². The molecule has 0 aliphatic carbocycles. The molecule has 1 heterocycles. The fourth-order valence-electron chi connectivity index (χ4n) is 3.61. The molecule has 0 fully saturated rings. The number of hydrogen-bond acceptors (Lipinski definition) is 7. The summed E-state index contributed by atoms with van der Waals surface area (Å²) in [5, 5.41) is 7.42. The van der Waals surface area contributed by atoms with Gasteiger partial charge in [0.25, 0.3) is 11.8 Å². The number of hydrogen-bond donors (Lipinski definition) is 2. The second-order valence-corrected chi connectivity index (χ2v) is 10.1. The van der Waals surface area contributed by atoms with Gasteiger partial charge in [0.05, 0.1) is 23.4 Å². The summed E-state index contributed by atoms with van der Waals surface area (Å²) in [6, 6.07) is 14.1. The minimum atomic E-state index is -0.919. The SMILES string of the molecule is CCOC(=O)c1ccc(-c2ccc(/C=N\NC(=O)[C@H](CC(C)C)NC(=O)[C@@H](C)Oc3ccc(Cl)cc3Cl)o2)cc1. The van der Waals surface area contributed by atoms with Crippen molar-refractivity contribution in [3.05, 3.63) is 76.0 Å². The number of hydrazone groups is 1. The van der Waals surface area contributed by atoms with Crippen molar-refractivity contribution in [1.82, 2.24) is 10.7 Å². The number of benzene rings is 2. The van der Waals surface area contributed by atoms with Crippen molar-refractivity contribution in [1.29, 1.82) is 0 Å². The monoisotopic (exact) mass is 587 g/mol. The fraction of sp³-hybridized carbons (Fsp3) is 0.310.